The van der Waals surface area contributed by atoms with Gasteiger partial charge in [0, 0.05) is 10.8 Å². The molecule has 7 aliphatic rings. The Morgan fingerprint density at radius 1 is 0.547 bits per heavy atom. The third-order valence-electron chi connectivity index (χ3n) is 20.4. The molecule has 4 N–H and O–H groups in total. The second-order valence-electron chi connectivity index (χ2n) is 30.3. The summed E-state index contributed by atoms with van der Waals surface area (Å²) >= 11 is 0. The normalized spacial score (nSPS) is 28.3. The standard InChI is InChI=1S/C22H38O4.C19H33F3O4.C12H17F5O4.C10H16O4.8CH4/c1-8-17(2,3)16(23)26-22-11-15-9-20(13-22,18(4,5)24)12-21(10-15,14-22)19(6,7)25;1-7-16(2,3)15(23)26-14-10-8-13(9-11-14)17(4,5)25-12-18(6,24)19(20,21)22;1-5-8(2,3)7(18)21-9(4)6-20-11(19,10(9,13)14)12(15,16)17;1-4-10(2,3)9(12)14-7-5-8(11)13-6-7;;;;;;;;/h15,24-25H,8-14H2,1-7H3;13-14,24H,7-12H2,1-6H3;19H,5-6H2,1-4H3;7H,4-6H2,1-3H3;8*1H4. The average Bonchev–Trinajstić information content (AvgIpc) is 1.12. The van der Waals surface area contributed by atoms with Gasteiger partial charge in [0.1, 0.15) is 24.4 Å². The van der Waals surface area contributed by atoms with E-state index in [9.17, 15) is 79.5 Å². The molecule has 2 saturated heterocycles. The van der Waals surface area contributed by atoms with Gasteiger partial charge in [-0.1, -0.05) is 87.1 Å². The summed E-state index contributed by atoms with van der Waals surface area (Å²) in [5.41, 5.74) is -12.1. The van der Waals surface area contributed by atoms with Crippen LogP contribution in [0.5, 0.6) is 0 Å². The van der Waals surface area contributed by atoms with Crippen LogP contribution in [-0.2, 0) is 57.1 Å². The molecule has 5 saturated carbocycles. The minimum atomic E-state index is -5.74. The molecule has 16 nitrogen and oxygen atoms in total. The summed E-state index contributed by atoms with van der Waals surface area (Å²) in [6.07, 6.45) is -0.691. The Hall–Kier alpha value is -3.45. The van der Waals surface area contributed by atoms with Gasteiger partial charge in [-0.05, 0) is 213 Å². The van der Waals surface area contributed by atoms with Gasteiger partial charge >= 0.3 is 53.9 Å². The van der Waals surface area contributed by atoms with Crippen molar-refractivity contribution in [2.24, 2.45) is 44.3 Å². The molecule has 0 aromatic carbocycles. The molecule has 6 atom stereocenters. The van der Waals surface area contributed by atoms with Crippen LogP contribution >= 0.6 is 0 Å². The fourth-order valence-electron chi connectivity index (χ4n) is 11.8. The summed E-state index contributed by atoms with van der Waals surface area (Å²) in [5, 5.41) is 40.9. The number of aliphatic hydroxyl groups is 4. The third kappa shape index (κ3) is 22.8. The zero-order chi connectivity index (χ0) is 67.9. The molecule has 0 spiro atoms. The zero-order valence-corrected chi connectivity index (χ0v) is 55.2. The number of esters is 5. The fourth-order valence-corrected chi connectivity index (χ4v) is 11.8. The minimum absolute atomic E-state index is 0. The summed E-state index contributed by atoms with van der Waals surface area (Å²) in [6, 6.07) is 0. The maximum Gasteiger partial charge on any atom is 0.449 e. The first kappa shape index (κ1) is 103. The van der Waals surface area contributed by atoms with Crippen LogP contribution in [0.4, 0.5) is 35.1 Å². The van der Waals surface area contributed by atoms with E-state index in [2.05, 4.69) is 9.47 Å². The van der Waals surface area contributed by atoms with E-state index < -0.39 is 98.5 Å². The van der Waals surface area contributed by atoms with E-state index in [0.717, 1.165) is 39.0 Å². The number of ether oxygens (including phenoxy) is 7. The van der Waals surface area contributed by atoms with Gasteiger partial charge in [0.25, 0.3) is 0 Å². The Kier molecular flexibility index (Phi) is 37.5. The van der Waals surface area contributed by atoms with Crippen molar-refractivity contribution in [2.45, 2.75) is 364 Å². The van der Waals surface area contributed by atoms with Gasteiger partial charge in [0.15, 0.2) is 5.60 Å². The Morgan fingerprint density at radius 2 is 0.916 bits per heavy atom. The van der Waals surface area contributed by atoms with Crippen molar-refractivity contribution in [1.29, 1.82) is 0 Å². The van der Waals surface area contributed by atoms with E-state index in [-0.39, 0.29) is 132 Å². The summed E-state index contributed by atoms with van der Waals surface area (Å²) in [5.74, 6) is -11.1. The van der Waals surface area contributed by atoms with Crippen molar-refractivity contribution in [3.63, 3.8) is 0 Å². The van der Waals surface area contributed by atoms with Crippen LogP contribution in [0.2, 0.25) is 0 Å². The second kappa shape index (κ2) is 34.8. The molecule has 7 fully saturated rings. The van der Waals surface area contributed by atoms with Crippen LogP contribution < -0.4 is 0 Å². The Morgan fingerprint density at radius 3 is 1.24 bits per heavy atom. The quantitative estimate of drug-likeness (QED) is 0.0568. The van der Waals surface area contributed by atoms with E-state index in [0.29, 0.717) is 64.2 Å². The van der Waals surface area contributed by atoms with Gasteiger partial charge in [-0.15, -0.1) is 0 Å². The lowest BCUT2D eigenvalue weighted by Gasteiger charge is -2.70. The van der Waals surface area contributed by atoms with Gasteiger partial charge in [-0.2, -0.15) is 35.1 Å². The summed E-state index contributed by atoms with van der Waals surface area (Å²) in [4.78, 5) is 59.3. The van der Waals surface area contributed by atoms with Crippen LogP contribution in [-0.4, -0.2) is 140 Å². The highest BCUT2D eigenvalue weighted by Gasteiger charge is 2.83. The highest BCUT2D eigenvalue weighted by atomic mass is 19.4. The van der Waals surface area contributed by atoms with E-state index in [4.69, 9.17) is 23.7 Å². The molecule has 2 aliphatic heterocycles. The maximum absolute atomic E-state index is 14.0. The van der Waals surface area contributed by atoms with Crippen molar-refractivity contribution in [1.82, 2.24) is 0 Å². The number of cyclic esters (lactones) is 1. The van der Waals surface area contributed by atoms with Gasteiger partial charge in [-0.3, -0.25) is 24.0 Å². The highest BCUT2D eigenvalue weighted by molar-refractivity contribution is 5.78. The molecule has 572 valence electrons. The number of alkyl halides is 8. The van der Waals surface area contributed by atoms with E-state index in [1.54, 1.807) is 20.8 Å². The van der Waals surface area contributed by atoms with Crippen molar-refractivity contribution in [3.05, 3.63) is 0 Å². The molecular formula is C71H136F8O16. The molecule has 0 aromatic heterocycles. The van der Waals surface area contributed by atoms with Gasteiger partial charge < -0.3 is 53.6 Å². The van der Waals surface area contributed by atoms with Crippen molar-refractivity contribution >= 4 is 29.8 Å². The first-order chi connectivity index (χ1) is 38.8. The number of rotatable bonds is 18. The lowest BCUT2D eigenvalue weighted by atomic mass is 9.37. The predicted molar refractivity (Wildman–Crippen MR) is 358 cm³/mol. The molecule has 0 radical (unpaired) electrons. The van der Waals surface area contributed by atoms with Gasteiger partial charge in [0.05, 0.1) is 58.1 Å². The molecular weight excluding hydrogens is 1260 g/mol. The van der Waals surface area contributed by atoms with E-state index >= 15 is 0 Å². The van der Waals surface area contributed by atoms with Gasteiger partial charge in [-0.25, -0.2) is 0 Å². The molecule has 95 heavy (non-hydrogen) atoms. The highest BCUT2D eigenvalue weighted by Crippen LogP contribution is 2.72. The Labute approximate surface area is 568 Å². The van der Waals surface area contributed by atoms with Crippen LogP contribution in [0.3, 0.4) is 0 Å². The minimum Gasteiger partial charge on any atom is -0.462 e. The Balaban J connectivity index is -0.000000276. The van der Waals surface area contributed by atoms with Crippen molar-refractivity contribution < 1.29 is 113 Å². The molecule has 6 unspecified atom stereocenters. The molecule has 5 aliphatic carbocycles. The smallest absolute Gasteiger partial charge is 0.449 e. The number of carbonyl (C=O) groups is 5. The summed E-state index contributed by atoms with van der Waals surface area (Å²) in [6.45, 7) is 32.0. The molecule has 24 heteroatoms. The van der Waals surface area contributed by atoms with Crippen molar-refractivity contribution in [2.75, 3.05) is 19.8 Å². The number of carbonyl (C=O) groups excluding carboxylic acids is 5. The first-order valence-corrected chi connectivity index (χ1v) is 30.5. The monoisotopic (exact) mass is 1400 g/mol. The zero-order valence-electron chi connectivity index (χ0n) is 55.2. The number of halogens is 8. The third-order valence-corrected chi connectivity index (χ3v) is 20.4. The molecule has 4 bridgehead atoms. The SMILES string of the molecule is C.C.C.C.C.C.C.C.CCC(C)(C)C(=O)OC1(C)COC(O)(C(F)(F)F)C1(F)F.CCC(C)(C)C(=O)OC12CC3CC(C(C)(C)O)(C1)CC(C(C)(C)O)(C3)C2.CCC(C)(C)C(=O)OC1CCC(C(C)(C)OCC(C)(O)C(F)(F)F)CC1.CCC(C)(C)C(=O)OC1COC(=O)C1. The van der Waals surface area contributed by atoms with Crippen LogP contribution in [0.15, 0.2) is 0 Å². The van der Waals surface area contributed by atoms with E-state index in [1.165, 1.54) is 13.8 Å². The Bertz CT molecular complexity index is 2370. The second-order valence-corrected chi connectivity index (χ2v) is 30.3. The molecule has 2 heterocycles. The summed E-state index contributed by atoms with van der Waals surface area (Å²) in [7, 11) is 0. The summed E-state index contributed by atoms with van der Waals surface area (Å²) < 4.78 is 140. The number of hydrogen-bond donors (Lipinski definition) is 4. The molecule has 7 rings (SSSR count). The predicted octanol–water partition coefficient (Wildman–Crippen LogP) is 17.9. The van der Waals surface area contributed by atoms with Crippen molar-refractivity contribution in [3.8, 4) is 0 Å². The molecule has 0 amide bonds. The van der Waals surface area contributed by atoms with Crippen LogP contribution in [0.25, 0.3) is 0 Å². The number of hydrogen-bond acceptors (Lipinski definition) is 16. The average molecular weight is 1400 g/mol. The lowest BCUT2D eigenvalue weighted by Crippen LogP contribution is -2.70. The first-order valence-electron chi connectivity index (χ1n) is 30.5. The maximum atomic E-state index is 14.0. The van der Waals surface area contributed by atoms with E-state index in [1.807, 2.05) is 90.0 Å². The van der Waals surface area contributed by atoms with Gasteiger partial charge in [0.2, 0.25) is 5.60 Å². The van der Waals surface area contributed by atoms with Crippen LogP contribution in [0, 0.1) is 44.3 Å². The van der Waals surface area contributed by atoms with Crippen LogP contribution in [0.1, 0.15) is 294 Å². The topological polar surface area (TPSA) is 231 Å². The largest absolute Gasteiger partial charge is 0.462 e. The lowest BCUT2D eigenvalue weighted by molar-refractivity contribution is -0.409. The fraction of sp³-hybridized carbons (Fsp3) is 0.930. The molecule has 0 aromatic rings.